The molecule has 35 heavy (non-hydrogen) atoms. The van der Waals surface area contributed by atoms with Crippen LogP contribution in [0.4, 0.5) is 0 Å². The van der Waals surface area contributed by atoms with Gasteiger partial charge in [-0.25, -0.2) is 0 Å². The van der Waals surface area contributed by atoms with E-state index in [0.717, 1.165) is 0 Å². The van der Waals surface area contributed by atoms with Gasteiger partial charge < -0.3 is 21.3 Å². The monoisotopic (exact) mass is 623 g/mol. The fraction of sp³-hybridized carbons (Fsp3) is 0.333. The Balaban J connectivity index is 0. The molecule has 8 nitrogen and oxygen atoms in total. The van der Waals surface area contributed by atoms with Crippen LogP contribution < -0.4 is 10.2 Å². The van der Waals surface area contributed by atoms with Crippen molar-refractivity contribution in [2.75, 3.05) is 25.6 Å². The Labute approximate surface area is 237 Å². The van der Waals surface area contributed by atoms with E-state index < -0.39 is 10.8 Å². The quantitative estimate of drug-likeness (QED) is 0.171. The molecule has 0 atom stereocenters. The van der Waals surface area contributed by atoms with Gasteiger partial charge in [0, 0.05) is 74.3 Å². The predicted molar refractivity (Wildman–Crippen MR) is 141 cm³/mol. The fourth-order valence-electron chi connectivity index (χ4n) is 2.18. The van der Waals surface area contributed by atoms with Crippen LogP contribution in [0, 0.1) is 5.41 Å². The van der Waals surface area contributed by atoms with Gasteiger partial charge in [-0.3, -0.25) is 19.1 Å². The summed E-state index contributed by atoms with van der Waals surface area (Å²) >= 11 is 23.5. The minimum absolute atomic E-state index is 0. The van der Waals surface area contributed by atoms with E-state index in [0.29, 0.717) is 34.3 Å². The van der Waals surface area contributed by atoms with Crippen LogP contribution >= 0.6 is 46.4 Å². The van der Waals surface area contributed by atoms with Gasteiger partial charge in [0.25, 0.3) is 0 Å². The van der Waals surface area contributed by atoms with Crippen molar-refractivity contribution in [3.05, 3.63) is 71.5 Å². The van der Waals surface area contributed by atoms with E-state index in [2.05, 4.69) is 9.98 Å². The summed E-state index contributed by atoms with van der Waals surface area (Å²) in [4.78, 5) is 10.1. The Morgan fingerprint density at radius 1 is 0.886 bits per heavy atom. The van der Waals surface area contributed by atoms with Crippen molar-refractivity contribution in [2.45, 2.75) is 13.8 Å². The summed E-state index contributed by atoms with van der Waals surface area (Å²) in [5.74, 6) is -0.636. The van der Waals surface area contributed by atoms with Crippen LogP contribution in [-0.2, 0) is 27.6 Å². The number of hydrogen-bond acceptors (Lipinski definition) is 5. The number of aliphatic imine (C=N–C) groups is 2. The molecule has 0 N–H and O–H groups in total. The Hall–Kier alpha value is -1.49. The molecule has 0 radical (unpaired) electrons. The normalized spacial score (nSPS) is 10.8. The van der Waals surface area contributed by atoms with E-state index in [9.17, 15) is 14.4 Å². The summed E-state index contributed by atoms with van der Waals surface area (Å²) in [7, 11) is -0.611. The van der Waals surface area contributed by atoms with Crippen LogP contribution in [0.2, 0.25) is 20.1 Å². The van der Waals surface area contributed by atoms with Crippen LogP contribution in [0.3, 0.4) is 0 Å². The zero-order valence-corrected chi connectivity index (χ0v) is 24.0. The summed E-state index contributed by atoms with van der Waals surface area (Å²) < 4.78 is 9.56. The van der Waals surface area contributed by atoms with Gasteiger partial charge in [0.2, 0.25) is 0 Å². The number of halogens is 4. The molecule has 0 aliphatic carbocycles. The molecule has 0 amide bonds. The number of rotatable bonds is 6. The van der Waals surface area contributed by atoms with Crippen LogP contribution in [-0.4, -0.2) is 42.2 Å². The topological polar surface area (TPSA) is 147 Å². The van der Waals surface area contributed by atoms with Gasteiger partial charge in [-0.1, -0.05) is 71.8 Å². The zero-order chi connectivity index (χ0) is 26.5. The van der Waals surface area contributed by atoms with Crippen LogP contribution in [0.5, 0.6) is 11.5 Å². The third-order valence-electron chi connectivity index (χ3n) is 3.57. The van der Waals surface area contributed by atoms with Crippen molar-refractivity contribution in [3.63, 3.8) is 0 Å². The molecule has 0 spiro atoms. The Morgan fingerprint density at radius 2 is 1.17 bits per heavy atom. The van der Waals surface area contributed by atoms with E-state index in [1.54, 1.807) is 12.5 Å². The van der Waals surface area contributed by atoms with E-state index in [4.69, 9.17) is 57.5 Å². The van der Waals surface area contributed by atoms with Crippen molar-refractivity contribution >= 4 is 69.6 Å². The molecule has 0 saturated carbocycles. The van der Waals surface area contributed by atoms with Gasteiger partial charge >= 0.3 is 16.8 Å². The first kappa shape index (κ1) is 35.7. The van der Waals surface area contributed by atoms with Crippen molar-refractivity contribution in [3.8, 4) is 11.5 Å². The average molecular weight is 625 g/mol. The van der Waals surface area contributed by atoms with Gasteiger partial charge in [0.05, 0.1) is 0 Å². The number of hydrogen-bond donors (Lipinski definition) is 0. The molecular weight excluding hydrogens is 603 g/mol. The first-order valence-electron chi connectivity index (χ1n) is 9.29. The second kappa shape index (κ2) is 17.9. The molecule has 0 saturated heterocycles. The molecule has 0 heterocycles. The van der Waals surface area contributed by atoms with E-state index in [1.807, 2.05) is 13.8 Å². The van der Waals surface area contributed by atoms with Crippen LogP contribution in [0.25, 0.3) is 16.0 Å². The minimum Gasteiger partial charge on any atom is -0.871 e. The van der Waals surface area contributed by atoms with Crippen molar-refractivity contribution in [1.82, 2.24) is 0 Å². The summed E-state index contributed by atoms with van der Waals surface area (Å²) in [5.41, 5.74) is 13.9. The maximum Gasteiger partial charge on any atom is 3.00 e. The molecule has 0 fully saturated rings. The largest absolute Gasteiger partial charge is 3.00 e. The number of benzene rings is 2. The molecule has 0 aliphatic heterocycles. The van der Waals surface area contributed by atoms with Crippen LogP contribution in [0.15, 0.2) is 34.3 Å². The molecule has 0 bridgehead atoms. The van der Waals surface area contributed by atoms with Gasteiger partial charge in [-0.2, -0.15) is 0 Å². The van der Waals surface area contributed by atoms with Crippen molar-refractivity contribution < 1.29 is 31.2 Å². The molecular formula is C21H22Cl4CoN5O3S. The molecule has 2 aromatic rings. The fourth-order valence-corrected chi connectivity index (χ4v) is 3.20. The van der Waals surface area contributed by atoms with Crippen molar-refractivity contribution in [1.29, 1.82) is 0 Å². The van der Waals surface area contributed by atoms with E-state index in [1.165, 1.54) is 41.6 Å². The van der Waals surface area contributed by atoms with Crippen LogP contribution in [0.1, 0.15) is 25.0 Å². The summed E-state index contributed by atoms with van der Waals surface area (Å²) in [6, 6.07) is 5.83. The Bertz CT molecular complexity index is 1020. The molecule has 0 unspecified atom stereocenters. The van der Waals surface area contributed by atoms with E-state index >= 15 is 0 Å². The first-order valence-corrected chi connectivity index (χ1v) is 12.8. The SMILES string of the molecule is CC(C)(CN=Cc1cc(Cl)cc(Cl)c1[O-])CN=Cc1cc(Cl)cc(Cl)c1[O-].CS(C)=O.[Co+3].[N-]=[N+]=[N-]. The Morgan fingerprint density at radius 3 is 1.46 bits per heavy atom. The van der Waals surface area contributed by atoms with Gasteiger partial charge in [-0.05, 0) is 35.4 Å². The zero-order valence-electron chi connectivity index (χ0n) is 19.1. The summed E-state index contributed by atoms with van der Waals surface area (Å²) in [5, 5.41) is 24.7. The molecule has 2 aromatic carbocycles. The predicted octanol–water partition coefficient (Wildman–Crippen LogP) is 5.87. The minimum atomic E-state index is -0.611. The molecule has 2 rings (SSSR count). The maximum absolute atomic E-state index is 11.9. The molecule has 192 valence electrons. The number of nitrogens with zero attached hydrogens (tertiary/aromatic N) is 5. The van der Waals surface area contributed by atoms with Gasteiger partial charge in [0.1, 0.15) is 0 Å². The Kier molecular flexibility index (Phi) is 18.2. The third kappa shape index (κ3) is 15.3. The smallest absolute Gasteiger partial charge is 0.871 e. The summed E-state index contributed by atoms with van der Waals surface area (Å²) in [6.45, 7) is 4.75. The molecule has 14 heteroatoms. The third-order valence-corrected chi connectivity index (χ3v) is 4.57. The van der Waals surface area contributed by atoms with Gasteiger partial charge in [-0.15, -0.1) is 0 Å². The second-order valence-electron chi connectivity index (χ2n) is 7.55. The second-order valence-corrected chi connectivity index (χ2v) is 10.7. The molecule has 0 aromatic heterocycles. The maximum atomic E-state index is 11.9. The standard InChI is InChI=1S/C19H18Cl4N2O2.C2H6OS.Co.N3/c1-19(2,9-24-7-11-3-13(20)5-15(22)17(11)26)10-25-8-12-4-14(21)6-16(23)18(12)27;1-4(2)3;;1-3-2/h3-8,26-27H,9-10H2,1-2H3;1-2H3;;/q;;+3;-1/p-2. The average Bonchev–Trinajstić information content (AvgIpc) is 2.69. The van der Waals surface area contributed by atoms with Crippen molar-refractivity contribution in [2.24, 2.45) is 15.4 Å². The molecule has 0 aliphatic rings. The van der Waals surface area contributed by atoms with E-state index in [-0.39, 0.29) is 43.7 Å². The summed E-state index contributed by atoms with van der Waals surface area (Å²) in [6.07, 6.45) is 6.19. The van der Waals surface area contributed by atoms with Gasteiger partial charge in [0.15, 0.2) is 0 Å². The first-order chi connectivity index (χ1) is 15.7.